The van der Waals surface area contributed by atoms with E-state index in [9.17, 15) is 0 Å². The first kappa shape index (κ1) is 30.1. The van der Waals surface area contributed by atoms with Crippen molar-refractivity contribution in [3.63, 3.8) is 0 Å². The zero-order chi connectivity index (χ0) is 34.4. The summed E-state index contributed by atoms with van der Waals surface area (Å²) in [6.45, 7) is 0. The molecule has 0 aliphatic heterocycles. The van der Waals surface area contributed by atoms with Crippen molar-refractivity contribution in [2.75, 3.05) is 0 Å². The molecule has 52 heavy (non-hydrogen) atoms. The van der Waals surface area contributed by atoms with Crippen molar-refractivity contribution in [3.8, 4) is 33.4 Å². The van der Waals surface area contributed by atoms with Gasteiger partial charge >= 0.3 is 0 Å². The molecule has 242 valence electrons. The van der Waals surface area contributed by atoms with Crippen LogP contribution in [0.5, 0.6) is 0 Å². The number of hydrogen-bond donors (Lipinski definition) is 0. The maximum atomic E-state index is 2.44. The van der Waals surface area contributed by atoms with Gasteiger partial charge in [-0.25, -0.2) is 0 Å². The minimum atomic E-state index is 1.20. The van der Waals surface area contributed by atoms with E-state index in [2.05, 4.69) is 206 Å². The fraction of sp³-hybridized carbons (Fsp3) is 0. The van der Waals surface area contributed by atoms with Gasteiger partial charge in [0.1, 0.15) is 0 Å². The molecule has 0 atom stereocenters. The highest BCUT2D eigenvalue weighted by Crippen LogP contribution is 2.46. The summed E-state index contributed by atoms with van der Waals surface area (Å²) in [5.74, 6) is 0. The van der Waals surface area contributed by atoms with Gasteiger partial charge in [0.2, 0.25) is 0 Å². The molecule has 10 aromatic rings. The van der Waals surface area contributed by atoms with Crippen LogP contribution < -0.4 is 0 Å². The lowest BCUT2D eigenvalue weighted by Gasteiger charge is -2.20. The fourth-order valence-corrected chi connectivity index (χ4v) is 8.13. The van der Waals surface area contributed by atoms with Crippen molar-refractivity contribution in [3.05, 3.63) is 205 Å². The van der Waals surface area contributed by atoms with Crippen molar-refractivity contribution in [2.24, 2.45) is 0 Å². The van der Waals surface area contributed by atoms with Gasteiger partial charge in [-0.15, -0.1) is 0 Å². The summed E-state index contributed by atoms with van der Waals surface area (Å²) >= 11 is 0. The average molecular weight is 659 g/mol. The lowest BCUT2D eigenvalue weighted by molar-refractivity contribution is 1.65. The summed E-state index contributed by atoms with van der Waals surface area (Å²) in [5, 5.41) is 12.5. The SMILES string of the molecule is C(=Cc1ccc(-c2ccc3c(-c4ccc5ccccc5c4)c4ccccc4c(-c4ccc5ccccc5c4)c3c2)c2ccccc12)c1ccccc1. The van der Waals surface area contributed by atoms with Crippen molar-refractivity contribution in [2.45, 2.75) is 0 Å². The van der Waals surface area contributed by atoms with Gasteiger partial charge in [0, 0.05) is 0 Å². The first-order valence-corrected chi connectivity index (χ1v) is 18.0. The van der Waals surface area contributed by atoms with Crippen molar-refractivity contribution in [1.29, 1.82) is 0 Å². The molecule has 0 aliphatic rings. The molecule has 10 rings (SSSR count). The van der Waals surface area contributed by atoms with Crippen LogP contribution in [0.3, 0.4) is 0 Å². The monoisotopic (exact) mass is 658 g/mol. The molecule has 0 saturated carbocycles. The van der Waals surface area contributed by atoms with Crippen LogP contribution in [0.15, 0.2) is 194 Å². The van der Waals surface area contributed by atoms with Crippen molar-refractivity contribution in [1.82, 2.24) is 0 Å². The van der Waals surface area contributed by atoms with Crippen LogP contribution in [0.4, 0.5) is 0 Å². The Morgan fingerprint density at radius 3 is 1.42 bits per heavy atom. The van der Waals surface area contributed by atoms with E-state index < -0.39 is 0 Å². The van der Waals surface area contributed by atoms with Crippen LogP contribution >= 0.6 is 0 Å². The van der Waals surface area contributed by atoms with Gasteiger partial charge in [0.05, 0.1) is 0 Å². The number of fused-ring (bicyclic) bond motifs is 5. The Kier molecular flexibility index (Phi) is 7.25. The normalized spacial score (nSPS) is 11.8. The Bertz CT molecular complexity index is 3000. The van der Waals surface area contributed by atoms with E-state index in [0.717, 1.165) is 0 Å². The third kappa shape index (κ3) is 5.16. The number of hydrogen-bond acceptors (Lipinski definition) is 0. The Morgan fingerprint density at radius 1 is 0.269 bits per heavy atom. The second kappa shape index (κ2) is 12.5. The minimum Gasteiger partial charge on any atom is -0.0622 e. The highest BCUT2D eigenvalue weighted by atomic mass is 14.2. The summed E-state index contributed by atoms with van der Waals surface area (Å²) in [5.41, 5.74) is 9.87. The highest BCUT2D eigenvalue weighted by Gasteiger charge is 2.19. The average Bonchev–Trinajstić information content (AvgIpc) is 3.21. The molecule has 0 N–H and O–H groups in total. The van der Waals surface area contributed by atoms with Crippen molar-refractivity contribution >= 4 is 66.0 Å². The first-order chi connectivity index (χ1) is 25.8. The molecule has 0 nitrogen and oxygen atoms in total. The first-order valence-electron chi connectivity index (χ1n) is 18.0. The van der Waals surface area contributed by atoms with Gasteiger partial charge in [-0.05, 0) is 117 Å². The lowest BCUT2D eigenvalue weighted by Crippen LogP contribution is -1.92. The predicted octanol–water partition coefficient (Wildman–Crippen LogP) is 14.6. The molecule has 0 heterocycles. The van der Waals surface area contributed by atoms with E-state index in [0.29, 0.717) is 0 Å². The molecule has 0 saturated heterocycles. The molecule has 0 fully saturated rings. The Balaban J connectivity index is 1.25. The highest BCUT2D eigenvalue weighted by molar-refractivity contribution is 6.23. The van der Waals surface area contributed by atoms with Crippen LogP contribution in [0.2, 0.25) is 0 Å². The zero-order valence-corrected chi connectivity index (χ0v) is 28.6. The Morgan fingerprint density at radius 2 is 0.769 bits per heavy atom. The number of benzene rings is 10. The maximum Gasteiger partial charge on any atom is -0.00259 e. The van der Waals surface area contributed by atoms with E-state index in [1.807, 2.05) is 0 Å². The van der Waals surface area contributed by atoms with E-state index in [-0.39, 0.29) is 0 Å². The molecule has 0 radical (unpaired) electrons. The topological polar surface area (TPSA) is 0 Å². The van der Waals surface area contributed by atoms with Gasteiger partial charge in [-0.2, -0.15) is 0 Å². The molecule has 0 heteroatoms. The second-order valence-electron chi connectivity index (χ2n) is 13.7. The Hall–Kier alpha value is -6.76. The summed E-state index contributed by atoms with van der Waals surface area (Å²) in [6, 6.07) is 71.2. The van der Waals surface area contributed by atoms with E-state index >= 15 is 0 Å². The van der Waals surface area contributed by atoms with Crippen LogP contribution in [-0.4, -0.2) is 0 Å². The van der Waals surface area contributed by atoms with Crippen LogP contribution in [-0.2, 0) is 0 Å². The van der Waals surface area contributed by atoms with E-state index in [4.69, 9.17) is 0 Å². The maximum absolute atomic E-state index is 2.44. The number of rotatable bonds is 5. The smallest absolute Gasteiger partial charge is 0.00259 e. The molecular formula is C52H34. The Labute approximate surface area is 303 Å². The second-order valence-corrected chi connectivity index (χ2v) is 13.7. The predicted molar refractivity (Wildman–Crippen MR) is 226 cm³/mol. The van der Waals surface area contributed by atoms with Gasteiger partial charge in [-0.3, -0.25) is 0 Å². The summed E-state index contributed by atoms with van der Waals surface area (Å²) in [7, 11) is 0. The van der Waals surface area contributed by atoms with Gasteiger partial charge in [-0.1, -0.05) is 188 Å². The van der Waals surface area contributed by atoms with Gasteiger partial charge in [0.15, 0.2) is 0 Å². The molecule has 0 amide bonds. The van der Waals surface area contributed by atoms with Crippen LogP contribution in [0, 0.1) is 0 Å². The fourth-order valence-electron chi connectivity index (χ4n) is 8.13. The standard InChI is InChI=1S/C52H34/c1-2-12-35(13-3-1)22-23-38-28-30-45(46-19-9-8-18-44(38)46)41-29-31-49-50(34-41)52(43-27-25-37-15-5-7-17-40(37)33-43)48-21-11-10-20-47(48)51(49)42-26-24-36-14-4-6-16-39(36)32-42/h1-34H. The lowest BCUT2D eigenvalue weighted by atomic mass is 9.83. The third-order valence-corrected chi connectivity index (χ3v) is 10.6. The summed E-state index contributed by atoms with van der Waals surface area (Å²) < 4.78 is 0. The van der Waals surface area contributed by atoms with Crippen molar-refractivity contribution < 1.29 is 0 Å². The third-order valence-electron chi connectivity index (χ3n) is 10.6. The summed E-state index contributed by atoms with van der Waals surface area (Å²) in [4.78, 5) is 0. The summed E-state index contributed by atoms with van der Waals surface area (Å²) in [6.07, 6.45) is 4.44. The molecule has 0 unspecified atom stereocenters. The molecule has 10 aromatic carbocycles. The molecule has 0 aromatic heterocycles. The quantitative estimate of drug-likeness (QED) is 0.128. The zero-order valence-electron chi connectivity index (χ0n) is 28.6. The molecular weight excluding hydrogens is 625 g/mol. The minimum absolute atomic E-state index is 1.20. The largest absolute Gasteiger partial charge is 0.0622 e. The van der Waals surface area contributed by atoms with Gasteiger partial charge < -0.3 is 0 Å². The van der Waals surface area contributed by atoms with Crippen LogP contribution in [0.1, 0.15) is 11.1 Å². The molecule has 0 aliphatic carbocycles. The molecule has 0 bridgehead atoms. The molecule has 0 spiro atoms. The van der Waals surface area contributed by atoms with Crippen LogP contribution in [0.25, 0.3) is 99.4 Å². The van der Waals surface area contributed by atoms with E-state index in [1.165, 1.54) is 98.4 Å². The van der Waals surface area contributed by atoms with Gasteiger partial charge in [0.25, 0.3) is 0 Å². The van der Waals surface area contributed by atoms with E-state index in [1.54, 1.807) is 0 Å².